The number of nitrogens with zero attached hydrogens (tertiary/aromatic N) is 3. The molecule has 4 aromatic rings. The van der Waals surface area contributed by atoms with Crippen LogP contribution in [0.4, 0.5) is 10.2 Å². The molecule has 2 aromatic carbocycles. The first-order valence-corrected chi connectivity index (χ1v) is 8.90. The Kier molecular flexibility index (Phi) is 5.07. The topological polar surface area (TPSA) is 84.8 Å². The summed E-state index contributed by atoms with van der Waals surface area (Å²) in [5.41, 5.74) is 2.75. The van der Waals surface area contributed by atoms with Crippen molar-refractivity contribution in [3.05, 3.63) is 83.9 Å². The summed E-state index contributed by atoms with van der Waals surface area (Å²) in [6.07, 6.45) is 1.74. The normalized spacial score (nSPS) is 10.7. The zero-order valence-corrected chi connectivity index (χ0v) is 15.6. The molecule has 29 heavy (non-hydrogen) atoms. The maximum atomic E-state index is 13.0. The fourth-order valence-electron chi connectivity index (χ4n) is 2.82. The predicted molar refractivity (Wildman–Crippen MR) is 106 cm³/mol. The number of anilines is 1. The van der Waals surface area contributed by atoms with E-state index >= 15 is 0 Å². The highest BCUT2D eigenvalue weighted by molar-refractivity contribution is 6.02. The van der Waals surface area contributed by atoms with E-state index in [1.54, 1.807) is 42.3 Å². The van der Waals surface area contributed by atoms with Crippen molar-refractivity contribution in [2.75, 3.05) is 12.4 Å². The van der Waals surface area contributed by atoms with Crippen molar-refractivity contribution in [1.82, 2.24) is 20.0 Å². The van der Waals surface area contributed by atoms with E-state index in [0.29, 0.717) is 23.8 Å². The molecule has 0 bridgehead atoms. The summed E-state index contributed by atoms with van der Waals surface area (Å²) in [6.45, 7) is 0.474. The van der Waals surface area contributed by atoms with Gasteiger partial charge in [-0.1, -0.05) is 12.1 Å². The highest BCUT2D eigenvalue weighted by Crippen LogP contribution is 2.21. The van der Waals surface area contributed by atoms with Gasteiger partial charge in [-0.25, -0.2) is 4.39 Å². The average Bonchev–Trinajstić information content (AvgIpc) is 3.40. The summed E-state index contributed by atoms with van der Waals surface area (Å²) in [5, 5.41) is 14.0. The molecule has 146 valence electrons. The molecule has 2 aromatic heterocycles. The number of rotatable bonds is 6. The standard InChI is InChI=1S/C21H18FN5O2/c1-29-17-8-4-15(5-9-17)18-12-19(25-24-18)21(28)23-20-10-11-27(26-20)13-14-2-6-16(22)7-3-14/h2-12H,13H2,1H3,(H,24,25)(H,23,26,28). The molecule has 0 saturated heterocycles. The SMILES string of the molecule is COc1ccc(-c2cc(C(=O)Nc3ccn(Cc4ccc(F)cc4)n3)[nH]n2)cc1. The van der Waals surface area contributed by atoms with E-state index < -0.39 is 0 Å². The number of aromatic amines is 1. The van der Waals surface area contributed by atoms with Crippen molar-refractivity contribution in [3.8, 4) is 17.0 Å². The van der Waals surface area contributed by atoms with E-state index in [0.717, 1.165) is 16.9 Å². The quantitative estimate of drug-likeness (QED) is 0.525. The van der Waals surface area contributed by atoms with Gasteiger partial charge < -0.3 is 10.1 Å². The molecule has 0 aliphatic carbocycles. The summed E-state index contributed by atoms with van der Waals surface area (Å²) in [5.74, 6) is 0.538. The van der Waals surface area contributed by atoms with E-state index in [1.807, 2.05) is 24.3 Å². The number of ether oxygens (including phenoxy) is 1. The van der Waals surface area contributed by atoms with Gasteiger partial charge in [0.15, 0.2) is 5.82 Å². The first kappa shape index (κ1) is 18.4. The Bertz CT molecular complexity index is 1120. The molecule has 4 rings (SSSR count). The molecule has 1 amide bonds. The average molecular weight is 391 g/mol. The van der Waals surface area contributed by atoms with Gasteiger partial charge in [0.25, 0.3) is 5.91 Å². The maximum absolute atomic E-state index is 13.0. The number of benzene rings is 2. The van der Waals surface area contributed by atoms with Crippen molar-refractivity contribution in [2.24, 2.45) is 0 Å². The Hall–Kier alpha value is -3.94. The van der Waals surface area contributed by atoms with Gasteiger partial charge in [-0.3, -0.25) is 14.6 Å². The van der Waals surface area contributed by atoms with Crippen LogP contribution in [0.15, 0.2) is 66.9 Å². The van der Waals surface area contributed by atoms with Crippen LogP contribution in [0, 0.1) is 5.82 Å². The van der Waals surface area contributed by atoms with Crippen LogP contribution in [0.25, 0.3) is 11.3 Å². The number of carbonyl (C=O) groups is 1. The van der Waals surface area contributed by atoms with Crippen LogP contribution in [-0.2, 0) is 6.54 Å². The minimum Gasteiger partial charge on any atom is -0.497 e. The molecule has 0 aliphatic rings. The number of hydrogen-bond donors (Lipinski definition) is 2. The number of nitrogens with one attached hydrogen (secondary N) is 2. The van der Waals surface area contributed by atoms with Gasteiger partial charge in [0.2, 0.25) is 0 Å². The van der Waals surface area contributed by atoms with Crippen LogP contribution in [0.5, 0.6) is 5.75 Å². The van der Waals surface area contributed by atoms with Crippen molar-refractivity contribution >= 4 is 11.7 Å². The highest BCUT2D eigenvalue weighted by Gasteiger charge is 2.13. The molecule has 0 fully saturated rings. The van der Waals surface area contributed by atoms with Crippen molar-refractivity contribution < 1.29 is 13.9 Å². The summed E-state index contributed by atoms with van der Waals surface area (Å²) in [4.78, 5) is 12.5. The predicted octanol–water partition coefficient (Wildman–Crippen LogP) is 3.72. The van der Waals surface area contributed by atoms with Crippen LogP contribution >= 0.6 is 0 Å². The highest BCUT2D eigenvalue weighted by atomic mass is 19.1. The van der Waals surface area contributed by atoms with Crippen molar-refractivity contribution in [2.45, 2.75) is 6.54 Å². The third kappa shape index (κ3) is 4.32. The Morgan fingerprint density at radius 3 is 2.62 bits per heavy atom. The van der Waals surface area contributed by atoms with Crippen LogP contribution in [0.1, 0.15) is 16.1 Å². The molecule has 0 radical (unpaired) electrons. The lowest BCUT2D eigenvalue weighted by Gasteiger charge is -2.02. The molecule has 0 atom stereocenters. The smallest absolute Gasteiger partial charge is 0.274 e. The lowest BCUT2D eigenvalue weighted by molar-refractivity contribution is 0.102. The van der Waals surface area contributed by atoms with Gasteiger partial charge in [0.1, 0.15) is 17.3 Å². The molecular weight excluding hydrogens is 373 g/mol. The monoisotopic (exact) mass is 391 g/mol. The van der Waals surface area contributed by atoms with Crippen LogP contribution < -0.4 is 10.1 Å². The van der Waals surface area contributed by atoms with Gasteiger partial charge in [-0.05, 0) is 48.0 Å². The second-order valence-electron chi connectivity index (χ2n) is 6.37. The fraction of sp³-hybridized carbons (Fsp3) is 0.0952. The van der Waals surface area contributed by atoms with Gasteiger partial charge in [-0.2, -0.15) is 10.2 Å². The zero-order chi connectivity index (χ0) is 20.2. The third-order valence-corrected chi connectivity index (χ3v) is 4.35. The number of carbonyl (C=O) groups excluding carboxylic acids is 1. The molecule has 0 unspecified atom stereocenters. The number of methoxy groups -OCH3 is 1. The van der Waals surface area contributed by atoms with Gasteiger partial charge in [-0.15, -0.1) is 0 Å². The van der Waals surface area contributed by atoms with Crippen LogP contribution in [0.2, 0.25) is 0 Å². The van der Waals surface area contributed by atoms with Crippen molar-refractivity contribution in [3.63, 3.8) is 0 Å². The largest absolute Gasteiger partial charge is 0.497 e. The van der Waals surface area contributed by atoms with Crippen molar-refractivity contribution in [1.29, 1.82) is 0 Å². The molecule has 2 N–H and O–H groups in total. The lowest BCUT2D eigenvalue weighted by atomic mass is 10.1. The maximum Gasteiger partial charge on any atom is 0.274 e. The Morgan fingerprint density at radius 1 is 1.14 bits per heavy atom. The summed E-state index contributed by atoms with van der Waals surface area (Å²) in [6, 6.07) is 17.0. The van der Waals surface area contributed by atoms with E-state index in [1.165, 1.54) is 12.1 Å². The summed E-state index contributed by atoms with van der Waals surface area (Å²) >= 11 is 0. The lowest BCUT2D eigenvalue weighted by Crippen LogP contribution is -2.13. The minimum absolute atomic E-state index is 0.282. The number of amides is 1. The number of hydrogen-bond acceptors (Lipinski definition) is 4. The number of aromatic nitrogens is 4. The van der Waals surface area contributed by atoms with E-state index in [4.69, 9.17) is 4.74 Å². The van der Waals surface area contributed by atoms with Crippen LogP contribution in [0.3, 0.4) is 0 Å². The van der Waals surface area contributed by atoms with E-state index in [2.05, 4.69) is 20.6 Å². The first-order valence-electron chi connectivity index (χ1n) is 8.90. The second kappa shape index (κ2) is 7.97. The molecule has 8 heteroatoms. The third-order valence-electron chi connectivity index (χ3n) is 4.35. The Morgan fingerprint density at radius 2 is 1.90 bits per heavy atom. The minimum atomic E-state index is -0.343. The molecule has 0 saturated carbocycles. The summed E-state index contributed by atoms with van der Waals surface area (Å²) in [7, 11) is 1.60. The van der Waals surface area contributed by atoms with E-state index in [9.17, 15) is 9.18 Å². The fourth-order valence-corrected chi connectivity index (χ4v) is 2.82. The molecule has 0 aliphatic heterocycles. The van der Waals surface area contributed by atoms with Crippen LogP contribution in [-0.4, -0.2) is 33.0 Å². The molecule has 0 spiro atoms. The molecule has 2 heterocycles. The number of H-pyrrole nitrogens is 1. The Labute approximate surface area is 166 Å². The molecular formula is C21H18FN5O2. The Balaban J connectivity index is 1.41. The second-order valence-corrected chi connectivity index (χ2v) is 6.37. The van der Waals surface area contributed by atoms with Gasteiger partial charge in [0.05, 0.1) is 19.3 Å². The number of halogens is 1. The zero-order valence-electron chi connectivity index (χ0n) is 15.6. The van der Waals surface area contributed by atoms with E-state index in [-0.39, 0.29) is 11.7 Å². The van der Waals surface area contributed by atoms with Gasteiger partial charge >= 0.3 is 0 Å². The molecule has 7 nitrogen and oxygen atoms in total. The van der Waals surface area contributed by atoms with Gasteiger partial charge in [0, 0.05) is 17.8 Å². The first-order chi connectivity index (χ1) is 14.1. The summed E-state index contributed by atoms with van der Waals surface area (Å²) < 4.78 is 19.8.